The maximum Gasteiger partial charge on any atom is 0.306 e. The van der Waals surface area contributed by atoms with Gasteiger partial charge in [0, 0.05) is 38.2 Å². The molecule has 1 aromatic heterocycles. The lowest BCUT2D eigenvalue weighted by Crippen LogP contribution is -2.50. The van der Waals surface area contributed by atoms with E-state index in [0.717, 1.165) is 0 Å². The fraction of sp³-hybridized carbons (Fsp3) is 0.412. The highest BCUT2D eigenvalue weighted by molar-refractivity contribution is 5.97. The molecule has 1 aromatic carbocycles. The van der Waals surface area contributed by atoms with Crippen LogP contribution >= 0.6 is 0 Å². The normalized spacial score (nSPS) is 14.6. The number of fused-ring (bicyclic) bond motifs is 1. The number of piperazine rings is 1. The molecule has 1 aliphatic heterocycles. The molecule has 3 rings (SSSR count). The molecular weight excluding hydrogens is 326 g/mol. The van der Waals surface area contributed by atoms with Crippen molar-refractivity contribution >= 4 is 28.9 Å². The van der Waals surface area contributed by atoms with Gasteiger partial charge in [-0.3, -0.25) is 14.4 Å². The zero-order chi connectivity index (χ0) is 17.8. The number of carbonyl (C=O) groups excluding carboxylic acids is 3. The van der Waals surface area contributed by atoms with E-state index in [2.05, 4.69) is 9.72 Å². The number of amides is 2. The molecule has 2 aromatic rings. The zero-order valence-electron chi connectivity index (χ0n) is 13.9. The van der Waals surface area contributed by atoms with Crippen LogP contribution in [-0.4, -0.2) is 65.9 Å². The maximum atomic E-state index is 12.6. The van der Waals surface area contributed by atoms with Crippen molar-refractivity contribution in [1.29, 1.82) is 0 Å². The summed E-state index contributed by atoms with van der Waals surface area (Å²) in [4.78, 5) is 43.2. The molecule has 132 valence electrons. The van der Waals surface area contributed by atoms with E-state index in [1.54, 1.807) is 28.0 Å². The number of hydrogen-bond donors (Lipinski definition) is 0. The van der Waals surface area contributed by atoms with Gasteiger partial charge in [-0.1, -0.05) is 0 Å². The smallest absolute Gasteiger partial charge is 0.306 e. The summed E-state index contributed by atoms with van der Waals surface area (Å²) in [5.74, 6) is -0.592. The molecule has 0 aliphatic carbocycles. The summed E-state index contributed by atoms with van der Waals surface area (Å²) in [5, 5.41) is 0. The van der Waals surface area contributed by atoms with Crippen LogP contribution in [0.2, 0.25) is 0 Å². The van der Waals surface area contributed by atoms with Crippen molar-refractivity contribution in [2.24, 2.45) is 0 Å². The first-order chi connectivity index (χ1) is 12.1. The van der Waals surface area contributed by atoms with Gasteiger partial charge in [-0.2, -0.15) is 0 Å². The van der Waals surface area contributed by atoms with Gasteiger partial charge in [-0.15, -0.1) is 0 Å². The number of carbonyl (C=O) groups is 3. The summed E-state index contributed by atoms with van der Waals surface area (Å²) in [5.41, 5.74) is 1.81. The van der Waals surface area contributed by atoms with Gasteiger partial charge in [0.15, 0.2) is 12.0 Å². The minimum atomic E-state index is -0.398. The van der Waals surface area contributed by atoms with Crippen LogP contribution in [0.3, 0.4) is 0 Å². The predicted octanol–water partition coefficient (Wildman–Crippen LogP) is 1.07. The van der Waals surface area contributed by atoms with Crippen molar-refractivity contribution in [2.75, 3.05) is 33.3 Å². The van der Waals surface area contributed by atoms with Crippen LogP contribution in [0.15, 0.2) is 29.0 Å². The van der Waals surface area contributed by atoms with Gasteiger partial charge in [0.2, 0.25) is 5.91 Å². The molecule has 1 saturated heterocycles. The van der Waals surface area contributed by atoms with Crippen LogP contribution in [0.5, 0.6) is 0 Å². The van der Waals surface area contributed by atoms with Crippen LogP contribution in [0.25, 0.3) is 11.1 Å². The Morgan fingerprint density at radius 2 is 1.84 bits per heavy atom. The highest BCUT2D eigenvalue weighted by Gasteiger charge is 2.25. The number of rotatable bonds is 4. The van der Waals surface area contributed by atoms with Gasteiger partial charge in [0.25, 0.3) is 5.91 Å². The molecule has 1 fully saturated rings. The molecule has 0 N–H and O–H groups in total. The standard InChI is InChI=1S/C17H19N3O5/c1-24-16(22)5-4-15(21)19-6-8-20(9-7-19)17(23)12-2-3-13-14(10-12)25-11-18-13/h2-3,10-11H,4-9H2,1H3. The monoisotopic (exact) mass is 345 g/mol. The molecule has 1 aliphatic rings. The molecule has 0 atom stereocenters. The third kappa shape index (κ3) is 3.78. The lowest BCUT2D eigenvalue weighted by molar-refractivity contribution is -0.143. The van der Waals surface area contributed by atoms with E-state index in [9.17, 15) is 14.4 Å². The third-order valence-corrected chi connectivity index (χ3v) is 4.27. The van der Waals surface area contributed by atoms with Gasteiger partial charge in [-0.05, 0) is 18.2 Å². The number of nitrogens with zero attached hydrogens (tertiary/aromatic N) is 3. The second kappa shape index (κ2) is 7.33. The minimum absolute atomic E-state index is 0.0751. The van der Waals surface area contributed by atoms with Gasteiger partial charge in [0.05, 0.1) is 13.5 Å². The Morgan fingerprint density at radius 3 is 2.56 bits per heavy atom. The number of hydrogen-bond acceptors (Lipinski definition) is 6. The first-order valence-corrected chi connectivity index (χ1v) is 8.05. The minimum Gasteiger partial charge on any atom is -0.469 e. The first-order valence-electron chi connectivity index (χ1n) is 8.05. The predicted molar refractivity (Wildman–Crippen MR) is 87.7 cm³/mol. The number of aromatic nitrogens is 1. The molecule has 0 unspecified atom stereocenters. The molecule has 0 saturated carbocycles. The van der Waals surface area contributed by atoms with Gasteiger partial charge in [-0.25, -0.2) is 4.98 Å². The van der Waals surface area contributed by atoms with Crippen LogP contribution < -0.4 is 0 Å². The van der Waals surface area contributed by atoms with Crippen LogP contribution in [0.1, 0.15) is 23.2 Å². The average molecular weight is 345 g/mol. The number of ether oxygens (including phenoxy) is 1. The topological polar surface area (TPSA) is 93.0 Å². The summed E-state index contributed by atoms with van der Waals surface area (Å²) in [6.07, 6.45) is 1.55. The van der Waals surface area contributed by atoms with Gasteiger partial charge in [0.1, 0.15) is 5.52 Å². The quantitative estimate of drug-likeness (QED) is 0.770. The second-order valence-corrected chi connectivity index (χ2v) is 5.78. The van der Waals surface area contributed by atoms with E-state index in [1.165, 1.54) is 13.5 Å². The number of oxazole rings is 1. The highest BCUT2D eigenvalue weighted by Crippen LogP contribution is 2.17. The Bertz CT molecular complexity index is 792. The third-order valence-electron chi connectivity index (χ3n) is 4.27. The summed E-state index contributed by atoms with van der Waals surface area (Å²) in [6, 6.07) is 5.15. The molecule has 0 bridgehead atoms. The Labute approximate surface area is 144 Å². The molecule has 2 heterocycles. The van der Waals surface area contributed by atoms with E-state index < -0.39 is 5.97 Å². The van der Waals surface area contributed by atoms with E-state index in [4.69, 9.17) is 4.42 Å². The molecule has 0 spiro atoms. The van der Waals surface area contributed by atoms with Crippen molar-refractivity contribution in [3.8, 4) is 0 Å². The lowest BCUT2D eigenvalue weighted by Gasteiger charge is -2.34. The van der Waals surface area contributed by atoms with Crippen molar-refractivity contribution in [2.45, 2.75) is 12.8 Å². The van der Waals surface area contributed by atoms with Crippen LogP contribution in [-0.2, 0) is 14.3 Å². The van der Waals surface area contributed by atoms with E-state index in [0.29, 0.717) is 42.8 Å². The SMILES string of the molecule is COC(=O)CCC(=O)N1CCN(C(=O)c2ccc3ncoc3c2)CC1. The molecule has 0 radical (unpaired) electrons. The number of esters is 1. The Kier molecular flexibility index (Phi) is 4.97. The maximum absolute atomic E-state index is 12.6. The second-order valence-electron chi connectivity index (χ2n) is 5.78. The fourth-order valence-corrected chi connectivity index (χ4v) is 2.80. The van der Waals surface area contributed by atoms with E-state index in [1.807, 2.05) is 0 Å². The summed E-state index contributed by atoms with van der Waals surface area (Å²) in [7, 11) is 1.30. The van der Waals surface area contributed by atoms with E-state index in [-0.39, 0.29) is 24.7 Å². The molecule has 8 nitrogen and oxygen atoms in total. The lowest BCUT2D eigenvalue weighted by atomic mass is 10.1. The number of benzene rings is 1. The molecule has 25 heavy (non-hydrogen) atoms. The highest BCUT2D eigenvalue weighted by atomic mass is 16.5. The first kappa shape index (κ1) is 16.9. The zero-order valence-corrected chi connectivity index (χ0v) is 13.9. The van der Waals surface area contributed by atoms with Crippen molar-refractivity contribution in [3.05, 3.63) is 30.2 Å². The molecule has 8 heteroatoms. The van der Waals surface area contributed by atoms with Crippen LogP contribution in [0, 0.1) is 0 Å². The molecule has 2 amide bonds. The fourth-order valence-electron chi connectivity index (χ4n) is 2.80. The Morgan fingerprint density at radius 1 is 1.12 bits per heavy atom. The summed E-state index contributed by atoms with van der Waals surface area (Å²) >= 11 is 0. The Balaban J connectivity index is 1.55. The average Bonchev–Trinajstić information content (AvgIpc) is 3.13. The summed E-state index contributed by atoms with van der Waals surface area (Å²) in [6.45, 7) is 1.82. The van der Waals surface area contributed by atoms with Crippen molar-refractivity contribution in [3.63, 3.8) is 0 Å². The van der Waals surface area contributed by atoms with Gasteiger partial charge < -0.3 is 19.0 Å². The summed E-state index contributed by atoms with van der Waals surface area (Å²) < 4.78 is 9.76. The van der Waals surface area contributed by atoms with Gasteiger partial charge >= 0.3 is 5.97 Å². The van der Waals surface area contributed by atoms with E-state index >= 15 is 0 Å². The van der Waals surface area contributed by atoms with Crippen molar-refractivity contribution in [1.82, 2.24) is 14.8 Å². The number of methoxy groups -OCH3 is 1. The largest absolute Gasteiger partial charge is 0.469 e. The molecular formula is C17H19N3O5. The van der Waals surface area contributed by atoms with Crippen LogP contribution in [0.4, 0.5) is 0 Å². The van der Waals surface area contributed by atoms with Crippen molar-refractivity contribution < 1.29 is 23.5 Å². The Hall–Kier alpha value is -2.90.